The summed E-state index contributed by atoms with van der Waals surface area (Å²) in [5.41, 5.74) is 3.21. The van der Waals surface area contributed by atoms with E-state index < -0.39 is 12.0 Å². The number of hydrogen-bond acceptors (Lipinski definition) is 8. The van der Waals surface area contributed by atoms with Crippen LogP contribution in [0.25, 0.3) is 0 Å². The summed E-state index contributed by atoms with van der Waals surface area (Å²) in [5.74, 6) is 0.833. The van der Waals surface area contributed by atoms with Crippen LogP contribution in [-0.4, -0.2) is 75.7 Å². The first-order valence-corrected chi connectivity index (χ1v) is 14.4. The van der Waals surface area contributed by atoms with Crippen molar-refractivity contribution in [2.45, 2.75) is 57.9 Å². The molecule has 0 spiro atoms. The number of anilines is 1. The van der Waals surface area contributed by atoms with Gasteiger partial charge in [0.1, 0.15) is 24.3 Å². The number of benzene rings is 1. The summed E-state index contributed by atoms with van der Waals surface area (Å²) in [7, 11) is 0. The molecule has 10 nitrogen and oxygen atoms in total. The van der Waals surface area contributed by atoms with Gasteiger partial charge in [-0.2, -0.15) is 4.98 Å². The highest BCUT2D eigenvalue weighted by Crippen LogP contribution is 2.20. The van der Waals surface area contributed by atoms with Crippen LogP contribution in [0.5, 0.6) is 5.88 Å². The summed E-state index contributed by atoms with van der Waals surface area (Å²) in [6.45, 7) is 5.08. The molecule has 0 radical (unpaired) electrons. The second-order valence-electron chi connectivity index (χ2n) is 10.3. The first kappa shape index (κ1) is 29.9. The number of hydrogen-bond donors (Lipinski definition) is 3. The van der Waals surface area contributed by atoms with Crippen molar-refractivity contribution in [1.29, 1.82) is 0 Å². The number of carboxylic acids is 1. The van der Waals surface area contributed by atoms with E-state index in [1.165, 1.54) is 5.56 Å². The maximum atomic E-state index is 12.5. The third-order valence-corrected chi connectivity index (χ3v) is 7.09. The van der Waals surface area contributed by atoms with Crippen molar-refractivity contribution in [2.24, 2.45) is 0 Å². The zero-order valence-electron chi connectivity index (χ0n) is 23.7. The standard InChI is InChI=1S/C31H40N6O4/c1-23-32-17-14-29(34-23)41-21-20-37(18-6-5-11-26-13-12-25-10-7-16-33-30(25)35-26)19-15-27(31(39)40)36-28(38)22-24-8-3-2-4-9-24/h2-4,8-9,12-14,17,27H,5-7,10-11,15-16,18-22H2,1H3,(H,33,35)(H,36,38)(H,39,40). The predicted octanol–water partition coefficient (Wildman–Crippen LogP) is 3.44. The Hall–Kier alpha value is -4.05. The van der Waals surface area contributed by atoms with Crippen molar-refractivity contribution in [3.63, 3.8) is 0 Å². The van der Waals surface area contributed by atoms with Crippen LogP contribution in [0.15, 0.2) is 54.7 Å². The van der Waals surface area contributed by atoms with Crippen LogP contribution in [0.4, 0.5) is 5.82 Å². The van der Waals surface area contributed by atoms with E-state index in [9.17, 15) is 14.7 Å². The highest BCUT2D eigenvalue weighted by molar-refractivity contribution is 5.84. The molecular weight excluding hydrogens is 520 g/mol. The number of nitrogens with one attached hydrogen (secondary N) is 2. The Morgan fingerprint density at radius 2 is 1.93 bits per heavy atom. The number of carbonyl (C=O) groups excluding carboxylic acids is 1. The Kier molecular flexibility index (Phi) is 11.4. The van der Waals surface area contributed by atoms with Gasteiger partial charge in [0, 0.05) is 37.6 Å². The second-order valence-corrected chi connectivity index (χ2v) is 10.3. The molecule has 0 saturated carbocycles. The first-order valence-electron chi connectivity index (χ1n) is 14.4. The highest BCUT2D eigenvalue weighted by atomic mass is 16.5. The average molecular weight is 561 g/mol. The van der Waals surface area contributed by atoms with Gasteiger partial charge < -0.3 is 20.5 Å². The number of fused-ring (bicyclic) bond motifs is 1. The van der Waals surface area contributed by atoms with Crippen LogP contribution in [0.1, 0.15) is 48.3 Å². The molecule has 4 rings (SSSR count). The summed E-state index contributed by atoms with van der Waals surface area (Å²) in [6.07, 6.45) is 7.09. The van der Waals surface area contributed by atoms with Gasteiger partial charge in [0.05, 0.1) is 6.42 Å². The zero-order valence-corrected chi connectivity index (χ0v) is 23.7. The van der Waals surface area contributed by atoms with Crippen LogP contribution in [-0.2, 0) is 28.9 Å². The Labute approximate surface area is 241 Å². The molecule has 0 saturated heterocycles. The minimum atomic E-state index is -1.04. The van der Waals surface area contributed by atoms with Gasteiger partial charge in [0.2, 0.25) is 11.8 Å². The molecule has 3 heterocycles. The second kappa shape index (κ2) is 15.7. The summed E-state index contributed by atoms with van der Waals surface area (Å²) < 4.78 is 5.84. The Balaban J connectivity index is 1.29. The SMILES string of the molecule is Cc1nccc(OCCN(CCCCc2ccc3c(n2)NCCC3)CCC(NC(=O)Cc2ccccc2)C(=O)O)n1. The fourth-order valence-electron chi connectivity index (χ4n) is 4.87. The van der Waals surface area contributed by atoms with E-state index in [1.54, 1.807) is 12.3 Å². The molecule has 1 atom stereocenters. The smallest absolute Gasteiger partial charge is 0.326 e. The van der Waals surface area contributed by atoms with Gasteiger partial charge in [0.15, 0.2) is 0 Å². The number of carboxylic acid groups (broad SMARTS) is 1. The minimum absolute atomic E-state index is 0.146. The first-order chi connectivity index (χ1) is 20.0. The molecule has 1 unspecified atom stereocenters. The minimum Gasteiger partial charge on any atom is -0.480 e. The number of amides is 1. The lowest BCUT2D eigenvalue weighted by Gasteiger charge is -2.24. The number of aliphatic carboxylic acids is 1. The van der Waals surface area contributed by atoms with Crippen LogP contribution in [0.2, 0.25) is 0 Å². The normalized spacial score (nSPS) is 13.2. The molecule has 1 aromatic carbocycles. The molecule has 2 aromatic heterocycles. The van der Waals surface area contributed by atoms with Gasteiger partial charge in [-0.1, -0.05) is 36.4 Å². The fourth-order valence-corrected chi connectivity index (χ4v) is 4.87. The predicted molar refractivity (Wildman–Crippen MR) is 157 cm³/mol. The van der Waals surface area contributed by atoms with Crippen LogP contribution >= 0.6 is 0 Å². The average Bonchev–Trinajstić information content (AvgIpc) is 2.97. The summed E-state index contributed by atoms with van der Waals surface area (Å²) in [5, 5.41) is 15.9. The van der Waals surface area contributed by atoms with E-state index in [4.69, 9.17) is 9.72 Å². The van der Waals surface area contributed by atoms with Crippen LogP contribution in [0.3, 0.4) is 0 Å². The maximum Gasteiger partial charge on any atom is 0.326 e. The highest BCUT2D eigenvalue weighted by Gasteiger charge is 2.21. The van der Waals surface area contributed by atoms with E-state index in [2.05, 4.69) is 37.6 Å². The van der Waals surface area contributed by atoms with Gasteiger partial charge in [-0.15, -0.1) is 0 Å². The molecule has 3 aromatic rings. The number of aryl methyl sites for hydroxylation is 3. The van der Waals surface area contributed by atoms with Crippen molar-refractivity contribution < 1.29 is 19.4 Å². The number of carbonyl (C=O) groups is 2. The zero-order chi connectivity index (χ0) is 28.9. The molecular formula is C31H40N6O4. The van der Waals surface area contributed by atoms with Crippen molar-refractivity contribution in [3.05, 3.63) is 77.4 Å². The van der Waals surface area contributed by atoms with Gasteiger partial charge in [-0.3, -0.25) is 9.69 Å². The largest absolute Gasteiger partial charge is 0.480 e. The Morgan fingerprint density at radius 3 is 2.73 bits per heavy atom. The lowest BCUT2D eigenvalue weighted by atomic mass is 10.1. The molecule has 218 valence electrons. The molecule has 1 aliphatic rings. The Morgan fingerprint density at radius 1 is 1.07 bits per heavy atom. The Bertz CT molecular complexity index is 1270. The van der Waals surface area contributed by atoms with E-state index in [1.807, 2.05) is 37.3 Å². The van der Waals surface area contributed by atoms with Gasteiger partial charge in [-0.05, 0) is 69.2 Å². The van der Waals surface area contributed by atoms with Crippen LogP contribution in [0, 0.1) is 6.92 Å². The molecule has 1 aliphatic heterocycles. The van der Waals surface area contributed by atoms with E-state index in [0.717, 1.165) is 62.3 Å². The third-order valence-electron chi connectivity index (χ3n) is 7.09. The molecule has 1 amide bonds. The summed E-state index contributed by atoms with van der Waals surface area (Å²) in [6, 6.07) is 14.4. The number of rotatable bonds is 16. The fraction of sp³-hybridized carbons (Fsp3) is 0.452. The number of nitrogens with zero attached hydrogens (tertiary/aromatic N) is 4. The molecule has 0 aliphatic carbocycles. The number of pyridine rings is 1. The third kappa shape index (κ3) is 10.1. The lowest BCUT2D eigenvalue weighted by molar-refractivity contribution is -0.142. The summed E-state index contributed by atoms with van der Waals surface area (Å²) in [4.78, 5) is 39.9. The molecule has 10 heteroatoms. The monoisotopic (exact) mass is 560 g/mol. The van der Waals surface area contributed by atoms with Crippen LogP contribution < -0.4 is 15.4 Å². The lowest BCUT2D eigenvalue weighted by Crippen LogP contribution is -2.44. The maximum absolute atomic E-state index is 12.5. The van der Waals surface area contributed by atoms with Gasteiger partial charge in [0.25, 0.3) is 0 Å². The topological polar surface area (TPSA) is 130 Å². The van der Waals surface area contributed by atoms with Crippen molar-refractivity contribution in [2.75, 3.05) is 38.1 Å². The number of ether oxygens (including phenoxy) is 1. The molecule has 0 bridgehead atoms. The number of unbranched alkanes of at least 4 members (excludes halogenated alkanes) is 1. The van der Waals surface area contributed by atoms with Crippen molar-refractivity contribution in [1.82, 2.24) is 25.2 Å². The van der Waals surface area contributed by atoms with Gasteiger partial charge in [-0.25, -0.2) is 14.8 Å². The molecule has 41 heavy (non-hydrogen) atoms. The molecule has 0 fully saturated rings. The van der Waals surface area contributed by atoms with Crippen molar-refractivity contribution >= 4 is 17.7 Å². The van der Waals surface area contributed by atoms with Crippen molar-refractivity contribution in [3.8, 4) is 5.88 Å². The number of aromatic nitrogens is 3. The van der Waals surface area contributed by atoms with E-state index in [0.29, 0.717) is 37.8 Å². The quantitative estimate of drug-likeness (QED) is 0.226. The van der Waals surface area contributed by atoms with Gasteiger partial charge >= 0.3 is 5.97 Å². The van der Waals surface area contributed by atoms with E-state index >= 15 is 0 Å². The van der Waals surface area contributed by atoms with E-state index in [-0.39, 0.29) is 12.3 Å². The summed E-state index contributed by atoms with van der Waals surface area (Å²) >= 11 is 0. The molecule has 3 N–H and O–H groups in total.